The summed E-state index contributed by atoms with van der Waals surface area (Å²) in [4.78, 5) is 16.3. The number of hydrogen-bond donors (Lipinski definition) is 3. The van der Waals surface area contributed by atoms with Gasteiger partial charge in [0, 0.05) is 13.1 Å². The van der Waals surface area contributed by atoms with E-state index in [1.54, 1.807) is 12.1 Å². The first-order chi connectivity index (χ1) is 12.8. The highest BCUT2D eigenvalue weighted by Gasteiger charge is 2.14. The molecule has 10 heteroatoms. The van der Waals surface area contributed by atoms with Crippen molar-refractivity contribution in [1.29, 1.82) is 0 Å². The van der Waals surface area contributed by atoms with Gasteiger partial charge in [0.15, 0.2) is 10.9 Å². The van der Waals surface area contributed by atoms with Crippen LogP contribution in [0.2, 0.25) is 0 Å². The third-order valence-electron chi connectivity index (χ3n) is 4.00. The first-order valence-corrected chi connectivity index (χ1v) is 9.38. The molecule has 4 rings (SSSR count). The fourth-order valence-corrected chi connectivity index (χ4v) is 3.42. The first-order valence-electron chi connectivity index (χ1n) is 8.39. The van der Waals surface area contributed by atoms with Crippen LogP contribution in [0.25, 0.3) is 0 Å². The van der Waals surface area contributed by atoms with Crippen molar-refractivity contribution in [3.63, 3.8) is 0 Å². The molecule has 0 saturated carbocycles. The van der Waals surface area contributed by atoms with Crippen molar-refractivity contribution in [2.45, 2.75) is 37.0 Å². The lowest BCUT2D eigenvalue weighted by Gasteiger charge is -2.01. The number of furan rings is 1. The maximum Gasteiger partial charge on any atom is 0.287 e. The number of hydrogen-bond acceptors (Lipinski definition) is 7. The Morgan fingerprint density at radius 2 is 2.38 bits per heavy atom. The molecule has 0 spiro atoms. The number of nitrogens with zero attached hydrogens (tertiary/aromatic N) is 4. The number of aryl methyl sites for hydroxylation is 1. The molecule has 0 radical (unpaired) electrons. The fraction of sp³-hybridized carbons (Fsp3) is 0.375. The Kier molecular flexibility index (Phi) is 5.02. The van der Waals surface area contributed by atoms with E-state index in [9.17, 15) is 4.79 Å². The highest BCUT2D eigenvalue weighted by atomic mass is 32.2. The van der Waals surface area contributed by atoms with E-state index in [0.717, 1.165) is 37.4 Å². The molecule has 9 nitrogen and oxygen atoms in total. The van der Waals surface area contributed by atoms with Crippen LogP contribution in [0.3, 0.4) is 0 Å². The minimum Gasteiger partial charge on any atom is -0.455 e. The number of rotatable bonds is 6. The molecule has 0 bridgehead atoms. The van der Waals surface area contributed by atoms with Crippen LogP contribution in [0.1, 0.15) is 34.1 Å². The van der Waals surface area contributed by atoms with E-state index in [1.165, 1.54) is 18.1 Å². The van der Waals surface area contributed by atoms with E-state index >= 15 is 0 Å². The van der Waals surface area contributed by atoms with Crippen LogP contribution in [0.5, 0.6) is 0 Å². The molecule has 26 heavy (non-hydrogen) atoms. The average Bonchev–Trinajstić information content (AvgIpc) is 3.37. The number of aromatic amines is 1. The van der Waals surface area contributed by atoms with Gasteiger partial charge in [0.05, 0.1) is 23.7 Å². The zero-order valence-electron chi connectivity index (χ0n) is 14.1. The highest BCUT2D eigenvalue weighted by molar-refractivity contribution is 7.98. The summed E-state index contributed by atoms with van der Waals surface area (Å²) in [5.41, 5.74) is 2.00. The van der Waals surface area contributed by atoms with Crippen LogP contribution in [0, 0.1) is 0 Å². The van der Waals surface area contributed by atoms with Gasteiger partial charge in [0.2, 0.25) is 0 Å². The summed E-state index contributed by atoms with van der Waals surface area (Å²) < 4.78 is 7.61. The Bertz CT molecular complexity index is 848. The zero-order chi connectivity index (χ0) is 17.8. The monoisotopic (exact) mass is 373 g/mol. The lowest BCUT2D eigenvalue weighted by Crippen LogP contribution is -2.22. The number of carbonyl (C=O) groups excluding carboxylic acids is 1. The number of carbonyl (C=O) groups is 1. The van der Waals surface area contributed by atoms with Crippen molar-refractivity contribution in [2.75, 3.05) is 6.54 Å². The van der Waals surface area contributed by atoms with E-state index in [2.05, 4.69) is 30.9 Å². The van der Waals surface area contributed by atoms with E-state index in [-0.39, 0.29) is 5.91 Å². The van der Waals surface area contributed by atoms with Crippen LogP contribution in [-0.2, 0) is 25.4 Å². The van der Waals surface area contributed by atoms with Gasteiger partial charge in [0.1, 0.15) is 12.1 Å². The van der Waals surface area contributed by atoms with E-state index < -0.39 is 0 Å². The smallest absolute Gasteiger partial charge is 0.287 e. The van der Waals surface area contributed by atoms with Gasteiger partial charge in [0.25, 0.3) is 5.91 Å². The van der Waals surface area contributed by atoms with Crippen molar-refractivity contribution in [1.82, 2.24) is 35.6 Å². The Balaban J connectivity index is 1.31. The maximum absolute atomic E-state index is 12.3. The van der Waals surface area contributed by atoms with E-state index in [4.69, 9.17) is 4.42 Å². The van der Waals surface area contributed by atoms with Gasteiger partial charge in [-0.25, -0.2) is 4.98 Å². The number of amides is 1. The van der Waals surface area contributed by atoms with Gasteiger partial charge >= 0.3 is 0 Å². The molecule has 1 aliphatic rings. The van der Waals surface area contributed by atoms with Gasteiger partial charge in [-0.3, -0.25) is 14.6 Å². The molecule has 0 aliphatic carbocycles. The summed E-state index contributed by atoms with van der Waals surface area (Å²) >= 11 is 1.46. The Labute approximate surface area is 153 Å². The van der Waals surface area contributed by atoms with Gasteiger partial charge in [-0.2, -0.15) is 10.2 Å². The molecule has 0 unspecified atom stereocenters. The second-order valence-electron chi connectivity index (χ2n) is 5.91. The molecule has 1 aliphatic heterocycles. The van der Waals surface area contributed by atoms with Gasteiger partial charge < -0.3 is 15.1 Å². The van der Waals surface area contributed by atoms with Crippen molar-refractivity contribution in [3.8, 4) is 0 Å². The summed E-state index contributed by atoms with van der Waals surface area (Å²) in [5.74, 6) is 1.32. The quantitative estimate of drug-likeness (QED) is 0.558. The molecule has 3 aromatic rings. The highest BCUT2D eigenvalue weighted by Crippen LogP contribution is 2.20. The van der Waals surface area contributed by atoms with Crippen LogP contribution < -0.4 is 10.6 Å². The third-order valence-corrected chi connectivity index (χ3v) is 4.90. The molecule has 4 heterocycles. The number of thioether (sulfide) groups is 1. The Morgan fingerprint density at radius 1 is 1.42 bits per heavy atom. The number of H-pyrrole nitrogens is 1. The molecule has 3 aromatic heterocycles. The second kappa shape index (κ2) is 7.75. The maximum atomic E-state index is 12.3. The molecule has 3 N–H and O–H groups in total. The fourth-order valence-electron chi connectivity index (χ4n) is 2.75. The first kappa shape index (κ1) is 16.9. The molecular formula is C16H19N7O2S. The summed E-state index contributed by atoms with van der Waals surface area (Å²) in [7, 11) is 0. The molecule has 0 aromatic carbocycles. The standard InChI is InChI=1S/C16H19N7O2S/c24-15(14-3-2-13(25-14)9-26-16-19-10-20-21-16)18-7-11-6-12-8-17-4-1-5-23(12)22-11/h2-3,6,10,17H,1,4-5,7-9H2,(H,18,24)(H,19,20,21). The van der Waals surface area contributed by atoms with Crippen LogP contribution in [-0.4, -0.2) is 37.4 Å². The molecule has 0 fully saturated rings. The van der Waals surface area contributed by atoms with Gasteiger partial charge in [-0.05, 0) is 31.2 Å². The normalized spacial score (nSPS) is 14.0. The molecule has 0 atom stereocenters. The molecular weight excluding hydrogens is 354 g/mol. The topological polar surface area (TPSA) is 114 Å². The summed E-state index contributed by atoms with van der Waals surface area (Å²) in [6, 6.07) is 5.50. The molecule has 1 amide bonds. The van der Waals surface area contributed by atoms with Crippen LogP contribution >= 0.6 is 11.8 Å². The number of fused-ring (bicyclic) bond motifs is 1. The lowest BCUT2D eigenvalue weighted by atomic mass is 10.3. The molecule has 0 saturated heterocycles. The summed E-state index contributed by atoms with van der Waals surface area (Å²) in [5, 5.41) is 18.0. The van der Waals surface area contributed by atoms with Crippen molar-refractivity contribution >= 4 is 17.7 Å². The van der Waals surface area contributed by atoms with E-state index in [1.807, 2.05) is 10.7 Å². The van der Waals surface area contributed by atoms with Gasteiger partial charge in [-0.15, -0.1) is 0 Å². The van der Waals surface area contributed by atoms with Gasteiger partial charge in [-0.1, -0.05) is 11.8 Å². The number of nitrogens with one attached hydrogen (secondary N) is 3. The minimum absolute atomic E-state index is 0.248. The number of aromatic nitrogens is 5. The Hall–Kier alpha value is -2.59. The van der Waals surface area contributed by atoms with Crippen molar-refractivity contribution in [2.24, 2.45) is 0 Å². The predicted octanol–water partition coefficient (Wildman–Crippen LogP) is 1.31. The van der Waals surface area contributed by atoms with Crippen LogP contribution in [0.4, 0.5) is 0 Å². The zero-order valence-corrected chi connectivity index (χ0v) is 14.9. The lowest BCUT2D eigenvalue weighted by molar-refractivity contribution is 0.0921. The predicted molar refractivity (Wildman–Crippen MR) is 94.4 cm³/mol. The second-order valence-corrected chi connectivity index (χ2v) is 6.87. The van der Waals surface area contributed by atoms with Crippen molar-refractivity contribution in [3.05, 3.63) is 47.4 Å². The van der Waals surface area contributed by atoms with Crippen molar-refractivity contribution < 1.29 is 9.21 Å². The summed E-state index contributed by atoms with van der Waals surface area (Å²) in [6.45, 7) is 3.10. The molecule has 136 valence electrons. The SMILES string of the molecule is O=C(NCc1cc2n(n1)CCCNC2)c1ccc(CSc2ncn[nH]2)o1. The largest absolute Gasteiger partial charge is 0.455 e. The summed E-state index contributed by atoms with van der Waals surface area (Å²) in [6.07, 6.45) is 2.51. The van der Waals surface area contributed by atoms with Crippen LogP contribution in [0.15, 0.2) is 34.1 Å². The minimum atomic E-state index is -0.248. The van der Waals surface area contributed by atoms with E-state index in [0.29, 0.717) is 29.0 Å². The Morgan fingerprint density at radius 3 is 3.27 bits per heavy atom. The third kappa shape index (κ3) is 3.97. The average molecular weight is 373 g/mol.